The maximum Gasteiger partial charge on any atom is 0.130 e. The number of rotatable bonds is 2. The number of benzene rings is 3. The van der Waals surface area contributed by atoms with Crippen molar-refractivity contribution in [2.45, 2.75) is 6.92 Å². The second-order valence-corrected chi connectivity index (χ2v) is 8.39. The fourth-order valence-corrected chi connectivity index (χ4v) is 4.30. The predicted octanol–water partition coefficient (Wildman–Crippen LogP) is 7.85. The molecule has 0 saturated carbocycles. The van der Waals surface area contributed by atoms with Crippen molar-refractivity contribution in [2.24, 2.45) is 0 Å². The Balaban J connectivity index is 0.000000183. The van der Waals surface area contributed by atoms with E-state index in [1.54, 1.807) is 12.4 Å². The second-order valence-electron chi connectivity index (χ2n) is 8.39. The van der Waals surface area contributed by atoms with Gasteiger partial charge < -0.3 is 14.4 Å². The maximum atomic E-state index is 6.28. The number of aromatic nitrogens is 3. The van der Waals surface area contributed by atoms with Crippen molar-refractivity contribution in [1.82, 2.24) is 15.0 Å². The van der Waals surface area contributed by atoms with E-state index in [0.717, 1.165) is 60.9 Å². The van der Waals surface area contributed by atoms with Crippen molar-refractivity contribution in [1.29, 1.82) is 0 Å². The summed E-state index contributed by atoms with van der Waals surface area (Å²) in [7, 11) is 0. The molecule has 181 valence electrons. The van der Waals surface area contributed by atoms with Gasteiger partial charge in [0.15, 0.2) is 0 Å². The Morgan fingerprint density at radius 3 is 2.14 bits per heavy atom. The van der Waals surface area contributed by atoms with E-state index in [9.17, 15) is 0 Å². The summed E-state index contributed by atoms with van der Waals surface area (Å²) in [6.07, 6.45) is 5.46. The van der Waals surface area contributed by atoms with Gasteiger partial charge in [0.1, 0.15) is 5.58 Å². The van der Waals surface area contributed by atoms with E-state index < -0.39 is 0 Å². The molecule has 0 aliphatic rings. The van der Waals surface area contributed by atoms with Gasteiger partial charge in [-0.15, -0.1) is 54.1 Å². The molecule has 0 amide bonds. The summed E-state index contributed by atoms with van der Waals surface area (Å²) in [5.41, 5.74) is 6.45. The molecule has 0 N–H and O–H groups in total. The van der Waals surface area contributed by atoms with E-state index in [1.807, 2.05) is 85.9 Å². The van der Waals surface area contributed by atoms with E-state index in [4.69, 9.17) is 4.42 Å². The van der Waals surface area contributed by atoms with Crippen LogP contribution in [0, 0.1) is 19.1 Å². The van der Waals surface area contributed by atoms with Crippen LogP contribution >= 0.6 is 0 Å². The van der Waals surface area contributed by atoms with Crippen LogP contribution in [0.3, 0.4) is 0 Å². The topological polar surface area (TPSA) is 51.8 Å². The largest absolute Gasteiger partial charge is 0.500 e. The molecule has 3 aromatic carbocycles. The van der Waals surface area contributed by atoms with Gasteiger partial charge in [-0.1, -0.05) is 47.3 Å². The van der Waals surface area contributed by atoms with Crippen LogP contribution in [-0.4, -0.2) is 15.0 Å². The molecule has 0 bridgehead atoms. The normalized spacial score (nSPS) is 10.6. The van der Waals surface area contributed by atoms with E-state index in [1.165, 1.54) is 0 Å². The molecule has 7 aromatic rings. The Kier molecular flexibility index (Phi) is 7.18. The van der Waals surface area contributed by atoms with Crippen molar-refractivity contribution >= 4 is 32.7 Å². The molecule has 0 saturated heterocycles. The second kappa shape index (κ2) is 10.8. The standard InChI is InChI=1S/C21H13N2O.C11H8N.Ir/c1-13-11-14-8-9-16-15-5-4-6-17(19-7-2-3-10-22-19)20(15)24-21(16)18(14)12-23-13;1-2-6-10(7-3-1)11-8-4-5-9-12-11;/h2-5,7-12H,1H3;1-6,8-9H;/q2*-1;. The van der Waals surface area contributed by atoms with Gasteiger partial charge in [0.25, 0.3) is 0 Å². The predicted molar refractivity (Wildman–Crippen MR) is 144 cm³/mol. The minimum absolute atomic E-state index is 0. The van der Waals surface area contributed by atoms with Gasteiger partial charge in [-0.2, -0.15) is 0 Å². The summed E-state index contributed by atoms with van der Waals surface area (Å²) in [4.78, 5) is 13.1. The first-order valence-corrected chi connectivity index (χ1v) is 11.7. The molecule has 0 fully saturated rings. The van der Waals surface area contributed by atoms with E-state index in [-0.39, 0.29) is 20.1 Å². The van der Waals surface area contributed by atoms with Gasteiger partial charge in [0, 0.05) is 55.2 Å². The van der Waals surface area contributed by atoms with Gasteiger partial charge in [-0.3, -0.25) is 4.98 Å². The first kappa shape index (κ1) is 24.5. The van der Waals surface area contributed by atoms with Gasteiger partial charge in [0.05, 0.1) is 5.58 Å². The molecule has 4 aromatic heterocycles. The van der Waals surface area contributed by atoms with E-state index >= 15 is 0 Å². The van der Waals surface area contributed by atoms with Crippen LogP contribution in [0.4, 0.5) is 0 Å². The fourth-order valence-electron chi connectivity index (χ4n) is 4.30. The summed E-state index contributed by atoms with van der Waals surface area (Å²) < 4.78 is 6.28. The van der Waals surface area contributed by atoms with Gasteiger partial charge in [-0.05, 0) is 41.9 Å². The Bertz CT molecular complexity index is 1750. The van der Waals surface area contributed by atoms with Gasteiger partial charge in [0.2, 0.25) is 0 Å². The molecule has 1 radical (unpaired) electrons. The summed E-state index contributed by atoms with van der Waals surface area (Å²) in [5.74, 6) is 0. The summed E-state index contributed by atoms with van der Waals surface area (Å²) in [6, 6.07) is 36.2. The molecule has 0 spiro atoms. The summed E-state index contributed by atoms with van der Waals surface area (Å²) in [5, 5.41) is 4.33. The Labute approximate surface area is 228 Å². The molecule has 37 heavy (non-hydrogen) atoms. The SMILES string of the molecule is Cc1cc2ccc3c4cc[c-]c(-c5ccccn5)c4oc3c2cn1.[Ir].[c-]1ccccc1-c1ccccn1. The number of nitrogens with zero attached hydrogens (tertiary/aromatic N) is 3. The molecule has 0 atom stereocenters. The molecular weight excluding hydrogens is 635 g/mol. The van der Waals surface area contributed by atoms with Crippen molar-refractivity contribution in [2.75, 3.05) is 0 Å². The third kappa shape index (κ3) is 4.92. The molecule has 4 nitrogen and oxygen atoms in total. The van der Waals surface area contributed by atoms with Crippen LogP contribution in [0.2, 0.25) is 0 Å². The molecule has 0 aliphatic carbocycles. The van der Waals surface area contributed by atoms with E-state index in [2.05, 4.69) is 45.3 Å². The minimum atomic E-state index is 0. The maximum absolute atomic E-state index is 6.28. The van der Waals surface area contributed by atoms with Gasteiger partial charge >= 0.3 is 0 Å². The number of hydrogen-bond acceptors (Lipinski definition) is 4. The Hall–Kier alpha value is -4.18. The zero-order valence-electron chi connectivity index (χ0n) is 20.0. The van der Waals surface area contributed by atoms with Crippen molar-refractivity contribution in [3.63, 3.8) is 0 Å². The Morgan fingerprint density at radius 1 is 0.649 bits per heavy atom. The first-order chi connectivity index (χ1) is 17.8. The number of pyridine rings is 3. The number of fused-ring (bicyclic) bond motifs is 5. The van der Waals surface area contributed by atoms with E-state index in [0.29, 0.717) is 0 Å². The average Bonchev–Trinajstić information content (AvgIpc) is 3.34. The summed E-state index contributed by atoms with van der Waals surface area (Å²) >= 11 is 0. The smallest absolute Gasteiger partial charge is 0.130 e. The van der Waals surface area contributed by atoms with Crippen LogP contribution in [0.1, 0.15) is 5.69 Å². The summed E-state index contributed by atoms with van der Waals surface area (Å²) in [6.45, 7) is 2.00. The van der Waals surface area contributed by atoms with Crippen LogP contribution in [0.5, 0.6) is 0 Å². The average molecular weight is 656 g/mol. The Morgan fingerprint density at radius 2 is 1.41 bits per heavy atom. The zero-order valence-corrected chi connectivity index (χ0v) is 22.4. The minimum Gasteiger partial charge on any atom is -0.500 e. The zero-order chi connectivity index (χ0) is 24.3. The van der Waals surface area contributed by atoms with Crippen molar-refractivity contribution < 1.29 is 24.5 Å². The fraction of sp³-hybridized carbons (Fsp3) is 0.0312. The van der Waals surface area contributed by atoms with Crippen LogP contribution in [0.15, 0.2) is 114 Å². The molecular formula is C32H21IrN3O-2. The quantitative estimate of drug-likeness (QED) is 0.178. The molecule has 5 heteroatoms. The van der Waals surface area contributed by atoms with Crippen molar-refractivity contribution in [3.8, 4) is 22.5 Å². The third-order valence-corrected chi connectivity index (χ3v) is 6.01. The van der Waals surface area contributed by atoms with Crippen LogP contribution < -0.4 is 0 Å². The number of furan rings is 1. The monoisotopic (exact) mass is 656 g/mol. The third-order valence-electron chi connectivity index (χ3n) is 6.01. The molecule has 0 aliphatic heterocycles. The van der Waals surface area contributed by atoms with Gasteiger partial charge in [-0.25, -0.2) is 0 Å². The van der Waals surface area contributed by atoms with Crippen molar-refractivity contribution in [3.05, 3.63) is 127 Å². The molecule has 0 unspecified atom stereocenters. The number of hydrogen-bond donors (Lipinski definition) is 0. The molecule has 4 heterocycles. The molecule has 7 rings (SSSR count). The van der Waals surface area contributed by atoms with Crippen LogP contribution in [-0.2, 0) is 20.1 Å². The van der Waals surface area contributed by atoms with Crippen LogP contribution in [0.25, 0.3) is 55.2 Å². The number of aryl methyl sites for hydroxylation is 1. The first-order valence-electron chi connectivity index (χ1n) is 11.7.